The molecule has 1 aromatic carbocycles. The number of anilines is 1. The van der Waals surface area contributed by atoms with Gasteiger partial charge >= 0.3 is 0 Å². The lowest BCUT2D eigenvalue weighted by Gasteiger charge is -2.24. The Bertz CT molecular complexity index is 319. The van der Waals surface area contributed by atoms with Crippen molar-refractivity contribution in [2.24, 2.45) is 0 Å². The van der Waals surface area contributed by atoms with Crippen molar-refractivity contribution in [3.8, 4) is 0 Å². The van der Waals surface area contributed by atoms with Crippen LogP contribution in [0, 0.1) is 5.82 Å². The maximum absolute atomic E-state index is 13.5. The van der Waals surface area contributed by atoms with E-state index >= 15 is 0 Å². The van der Waals surface area contributed by atoms with Crippen molar-refractivity contribution in [3.63, 3.8) is 0 Å². The second-order valence-electron chi connectivity index (χ2n) is 3.66. The predicted molar refractivity (Wildman–Crippen MR) is 65.4 cm³/mol. The summed E-state index contributed by atoms with van der Waals surface area (Å²) in [6.07, 6.45) is 2.28. The maximum atomic E-state index is 13.5. The first-order chi connectivity index (χ1) is 7.27. The molecule has 0 saturated carbocycles. The number of benzene rings is 1. The second-order valence-corrected chi connectivity index (χ2v) is 5.21. The summed E-state index contributed by atoms with van der Waals surface area (Å²) in [6, 6.07) is 5.11. The van der Waals surface area contributed by atoms with Gasteiger partial charge in [0.25, 0.3) is 0 Å². The van der Waals surface area contributed by atoms with Crippen LogP contribution in [-0.4, -0.2) is 17.5 Å². The quantitative estimate of drug-likeness (QED) is 0.851. The highest BCUT2D eigenvalue weighted by Gasteiger charge is 2.16. The van der Waals surface area contributed by atoms with Gasteiger partial charge in [-0.05, 0) is 30.7 Å². The van der Waals surface area contributed by atoms with Crippen molar-refractivity contribution in [2.75, 3.05) is 16.8 Å². The van der Waals surface area contributed by atoms with E-state index in [1.54, 1.807) is 12.1 Å². The monoisotopic (exact) mass is 245 g/mol. The minimum Gasteiger partial charge on any atom is -0.378 e. The Labute approximate surface area is 98.4 Å². The van der Waals surface area contributed by atoms with Gasteiger partial charge in [-0.2, -0.15) is 11.8 Å². The van der Waals surface area contributed by atoms with E-state index in [1.165, 1.54) is 18.2 Å². The van der Waals surface area contributed by atoms with E-state index < -0.39 is 0 Å². The van der Waals surface area contributed by atoms with Crippen LogP contribution in [0.4, 0.5) is 10.1 Å². The van der Waals surface area contributed by atoms with Crippen molar-refractivity contribution in [3.05, 3.63) is 29.0 Å². The second kappa shape index (κ2) is 5.08. The van der Waals surface area contributed by atoms with E-state index in [-0.39, 0.29) is 5.82 Å². The number of thioether (sulfide) groups is 1. The fraction of sp³-hybridized carbons (Fsp3) is 0.455. The van der Waals surface area contributed by atoms with Gasteiger partial charge in [0, 0.05) is 11.8 Å². The fourth-order valence-electron chi connectivity index (χ4n) is 1.69. The zero-order valence-corrected chi connectivity index (χ0v) is 9.87. The number of nitrogens with one attached hydrogen (secondary N) is 1. The third-order valence-electron chi connectivity index (χ3n) is 2.47. The van der Waals surface area contributed by atoms with E-state index in [4.69, 9.17) is 11.6 Å². The number of para-hydroxylation sites is 1. The Kier molecular flexibility index (Phi) is 3.76. The van der Waals surface area contributed by atoms with E-state index in [1.807, 2.05) is 11.8 Å². The zero-order valence-electron chi connectivity index (χ0n) is 8.30. The molecule has 1 aliphatic rings. The number of halogens is 2. The molecule has 1 N–H and O–H groups in total. The van der Waals surface area contributed by atoms with Gasteiger partial charge in [0.1, 0.15) is 5.82 Å². The van der Waals surface area contributed by atoms with Gasteiger partial charge in [0.15, 0.2) is 0 Å². The molecule has 0 aliphatic carbocycles. The van der Waals surface area contributed by atoms with E-state index in [2.05, 4.69) is 5.32 Å². The Morgan fingerprint density at radius 3 is 3.00 bits per heavy atom. The van der Waals surface area contributed by atoms with Crippen LogP contribution in [0.3, 0.4) is 0 Å². The van der Waals surface area contributed by atoms with Crippen LogP contribution in [-0.2, 0) is 0 Å². The standard InChI is InChI=1S/C11H13ClFNS/c12-9-4-1-5-10(13)11(9)14-8-3-2-6-15-7-8/h1,4-5,8,14H,2-3,6-7H2. The number of rotatable bonds is 2. The molecule has 0 amide bonds. The molecule has 1 fully saturated rings. The molecule has 0 bridgehead atoms. The molecule has 15 heavy (non-hydrogen) atoms. The van der Waals surface area contributed by atoms with Gasteiger partial charge in [-0.1, -0.05) is 17.7 Å². The van der Waals surface area contributed by atoms with E-state index in [9.17, 15) is 4.39 Å². The molecule has 82 valence electrons. The van der Waals surface area contributed by atoms with Gasteiger partial charge in [0.2, 0.25) is 0 Å². The fourth-order valence-corrected chi connectivity index (χ4v) is 2.98. The number of hydrogen-bond donors (Lipinski definition) is 1. The molecule has 0 aromatic heterocycles. The van der Waals surface area contributed by atoms with Crippen LogP contribution in [0.2, 0.25) is 5.02 Å². The molecule has 1 aromatic rings. The molecule has 0 radical (unpaired) electrons. The van der Waals surface area contributed by atoms with Crippen molar-refractivity contribution in [1.29, 1.82) is 0 Å². The van der Waals surface area contributed by atoms with Crippen LogP contribution in [0.5, 0.6) is 0 Å². The smallest absolute Gasteiger partial charge is 0.147 e. The van der Waals surface area contributed by atoms with Gasteiger partial charge in [-0.15, -0.1) is 0 Å². The van der Waals surface area contributed by atoms with Crippen molar-refractivity contribution >= 4 is 29.1 Å². The summed E-state index contributed by atoms with van der Waals surface area (Å²) < 4.78 is 13.5. The van der Waals surface area contributed by atoms with Crippen LogP contribution >= 0.6 is 23.4 Å². The summed E-state index contributed by atoms with van der Waals surface area (Å²) in [4.78, 5) is 0. The van der Waals surface area contributed by atoms with Gasteiger partial charge in [-0.3, -0.25) is 0 Å². The lowest BCUT2D eigenvalue weighted by Crippen LogP contribution is -2.26. The van der Waals surface area contributed by atoms with Gasteiger partial charge in [0.05, 0.1) is 10.7 Å². The summed E-state index contributed by atoms with van der Waals surface area (Å²) in [5.41, 5.74) is 0.451. The van der Waals surface area contributed by atoms with Crippen LogP contribution in [0.25, 0.3) is 0 Å². The molecule has 0 spiro atoms. The van der Waals surface area contributed by atoms with Crippen LogP contribution in [0.15, 0.2) is 18.2 Å². The maximum Gasteiger partial charge on any atom is 0.147 e. The van der Waals surface area contributed by atoms with E-state index in [0.717, 1.165) is 12.2 Å². The Morgan fingerprint density at radius 2 is 2.33 bits per heavy atom. The highest BCUT2D eigenvalue weighted by molar-refractivity contribution is 7.99. The van der Waals surface area contributed by atoms with Crippen molar-refractivity contribution in [1.82, 2.24) is 0 Å². The van der Waals surface area contributed by atoms with E-state index in [0.29, 0.717) is 16.8 Å². The topological polar surface area (TPSA) is 12.0 Å². The molecular formula is C11H13ClFNS. The van der Waals surface area contributed by atoms with Crippen LogP contribution < -0.4 is 5.32 Å². The molecule has 4 heteroatoms. The van der Waals surface area contributed by atoms with Crippen molar-refractivity contribution in [2.45, 2.75) is 18.9 Å². The molecule has 1 saturated heterocycles. The molecule has 1 unspecified atom stereocenters. The summed E-state index contributed by atoms with van der Waals surface area (Å²) in [5, 5.41) is 3.65. The normalized spacial score (nSPS) is 21.3. The Balaban J connectivity index is 2.09. The number of hydrogen-bond acceptors (Lipinski definition) is 2. The average molecular weight is 246 g/mol. The third-order valence-corrected chi connectivity index (χ3v) is 4.00. The minimum atomic E-state index is -0.266. The molecule has 1 heterocycles. The zero-order chi connectivity index (χ0) is 10.7. The Hall–Kier alpha value is -0.410. The largest absolute Gasteiger partial charge is 0.378 e. The molecule has 1 atom stereocenters. The predicted octanol–water partition coefficient (Wildman–Crippen LogP) is 3.79. The van der Waals surface area contributed by atoms with Crippen LogP contribution in [0.1, 0.15) is 12.8 Å². The summed E-state index contributed by atoms with van der Waals surface area (Å²) in [6.45, 7) is 0. The average Bonchev–Trinajstić information content (AvgIpc) is 2.25. The third kappa shape index (κ3) is 2.79. The van der Waals surface area contributed by atoms with Crippen molar-refractivity contribution < 1.29 is 4.39 Å². The van der Waals surface area contributed by atoms with Gasteiger partial charge < -0.3 is 5.32 Å². The summed E-state index contributed by atoms with van der Waals surface area (Å²) >= 11 is 7.85. The molecule has 1 nitrogen and oxygen atoms in total. The highest BCUT2D eigenvalue weighted by atomic mass is 35.5. The first-order valence-corrected chi connectivity index (χ1v) is 6.59. The molecule has 2 rings (SSSR count). The SMILES string of the molecule is Fc1cccc(Cl)c1NC1CCCSC1. The summed E-state index contributed by atoms with van der Waals surface area (Å²) in [5.74, 6) is 1.98. The highest BCUT2D eigenvalue weighted by Crippen LogP contribution is 2.28. The molecular weight excluding hydrogens is 233 g/mol. The van der Waals surface area contributed by atoms with Gasteiger partial charge in [-0.25, -0.2) is 4.39 Å². The lowest BCUT2D eigenvalue weighted by atomic mass is 10.1. The lowest BCUT2D eigenvalue weighted by molar-refractivity contribution is 0.620. The minimum absolute atomic E-state index is 0.266. The first kappa shape index (κ1) is 11.1. The summed E-state index contributed by atoms with van der Waals surface area (Å²) in [7, 11) is 0. The molecule has 1 aliphatic heterocycles. The Morgan fingerprint density at radius 1 is 1.47 bits per heavy atom. The first-order valence-electron chi connectivity index (χ1n) is 5.05.